The summed E-state index contributed by atoms with van der Waals surface area (Å²) >= 11 is 1.77. The van der Waals surface area contributed by atoms with E-state index in [9.17, 15) is 0 Å². The maximum Gasteiger partial charge on any atom is 0.0900 e. The molecule has 3 aromatic rings. The molecule has 20 heavy (non-hydrogen) atoms. The fourth-order valence-electron chi connectivity index (χ4n) is 2.65. The van der Waals surface area contributed by atoms with Crippen LogP contribution in [0.15, 0.2) is 42.5 Å². The molecule has 0 radical (unpaired) electrons. The number of fused-ring (bicyclic) bond motifs is 1. The van der Waals surface area contributed by atoms with Gasteiger partial charge in [0.25, 0.3) is 0 Å². The molecule has 0 fully saturated rings. The van der Waals surface area contributed by atoms with Crippen LogP contribution in [0.25, 0.3) is 10.8 Å². The highest BCUT2D eigenvalue weighted by molar-refractivity contribution is 7.11. The van der Waals surface area contributed by atoms with Crippen LogP contribution < -0.4 is 5.32 Å². The minimum atomic E-state index is 0.214. The van der Waals surface area contributed by atoms with Gasteiger partial charge in [0.2, 0.25) is 0 Å². The summed E-state index contributed by atoms with van der Waals surface area (Å²) in [5, 5.41) is 7.11. The number of nitrogens with zero attached hydrogens (tertiary/aromatic N) is 1. The first-order chi connectivity index (χ1) is 9.69. The monoisotopic (exact) mass is 282 g/mol. The quantitative estimate of drug-likeness (QED) is 0.778. The lowest BCUT2D eigenvalue weighted by atomic mass is 10.0. The van der Waals surface area contributed by atoms with E-state index >= 15 is 0 Å². The average molecular weight is 282 g/mol. The Bertz CT molecular complexity index is 746. The van der Waals surface area contributed by atoms with Gasteiger partial charge in [0, 0.05) is 4.88 Å². The zero-order chi connectivity index (χ0) is 14.1. The summed E-state index contributed by atoms with van der Waals surface area (Å²) in [4.78, 5) is 5.85. The van der Waals surface area contributed by atoms with Gasteiger partial charge in [-0.25, -0.2) is 4.98 Å². The number of hydrogen-bond donors (Lipinski definition) is 1. The molecule has 1 heterocycles. The van der Waals surface area contributed by atoms with Gasteiger partial charge in [-0.2, -0.15) is 0 Å². The Balaban J connectivity index is 2.09. The highest BCUT2D eigenvalue weighted by Crippen LogP contribution is 2.31. The van der Waals surface area contributed by atoms with Crippen LogP contribution in [0, 0.1) is 13.8 Å². The summed E-state index contributed by atoms with van der Waals surface area (Å²) < 4.78 is 0. The molecule has 0 saturated heterocycles. The van der Waals surface area contributed by atoms with Crippen LogP contribution in [-0.4, -0.2) is 12.0 Å². The molecule has 0 aliphatic carbocycles. The number of aromatic nitrogens is 1. The lowest BCUT2D eigenvalue weighted by molar-refractivity contribution is 0.698. The molecule has 0 saturated carbocycles. The van der Waals surface area contributed by atoms with Crippen molar-refractivity contribution in [3.05, 3.63) is 63.6 Å². The van der Waals surface area contributed by atoms with Crippen LogP contribution >= 0.6 is 11.3 Å². The van der Waals surface area contributed by atoms with Crippen molar-refractivity contribution in [2.45, 2.75) is 19.9 Å². The Morgan fingerprint density at radius 1 is 1.05 bits per heavy atom. The second-order valence-electron chi connectivity index (χ2n) is 5.01. The van der Waals surface area contributed by atoms with E-state index in [1.165, 1.54) is 21.2 Å². The summed E-state index contributed by atoms with van der Waals surface area (Å²) in [6, 6.07) is 15.4. The third-order valence-corrected chi connectivity index (χ3v) is 4.73. The zero-order valence-corrected chi connectivity index (χ0v) is 12.8. The maximum absolute atomic E-state index is 4.55. The molecular weight excluding hydrogens is 264 g/mol. The fourth-order valence-corrected chi connectivity index (χ4v) is 3.72. The predicted molar refractivity (Wildman–Crippen MR) is 86.4 cm³/mol. The van der Waals surface area contributed by atoms with Gasteiger partial charge in [-0.1, -0.05) is 36.4 Å². The van der Waals surface area contributed by atoms with Crippen molar-refractivity contribution >= 4 is 22.1 Å². The van der Waals surface area contributed by atoms with Gasteiger partial charge in [0.15, 0.2) is 0 Å². The fraction of sp³-hybridized carbons (Fsp3) is 0.235. The number of thiazole rings is 1. The van der Waals surface area contributed by atoms with Crippen LogP contribution in [0.5, 0.6) is 0 Å². The van der Waals surface area contributed by atoms with Crippen molar-refractivity contribution in [3.8, 4) is 0 Å². The van der Waals surface area contributed by atoms with E-state index in [4.69, 9.17) is 0 Å². The summed E-state index contributed by atoms with van der Waals surface area (Å²) in [6.07, 6.45) is 0. The van der Waals surface area contributed by atoms with Gasteiger partial charge in [0.05, 0.1) is 16.7 Å². The maximum atomic E-state index is 4.55. The Morgan fingerprint density at radius 2 is 1.80 bits per heavy atom. The third kappa shape index (κ3) is 2.35. The largest absolute Gasteiger partial charge is 0.309 e. The smallest absolute Gasteiger partial charge is 0.0900 e. The van der Waals surface area contributed by atoms with Crippen molar-refractivity contribution in [1.82, 2.24) is 10.3 Å². The van der Waals surface area contributed by atoms with E-state index in [0.29, 0.717) is 0 Å². The van der Waals surface area contributed by atoms with Crippen LogP contribution in [-0.2, 0) is 0 Å². The average Bonchev–Trinajstić information content (AvgIpc) is 2.78. The van der Waals surface area contributed by atoms with Crippen molar-refractivity contribution in [1.29, 1.82) is 0 Å². The second-order valence-corrected chi connectivity index (χ2v) is 6.25. The molecule has 0 bridgehead atoms. The summed E-state index contributed by atoms with van der Waals surface area (Å²) in [5.74, 6) is 0. The number of hydrogen-bond acceptors (Lipinski definition) is 3. The van der Waals surface area contributed by atoms with Gasteiger partial charge in [0.1, 0.15) is 0 Å². The van der Waals surface area contributed by atoms with Crippen molar-refractivity contribution in [2.24, 2.45) is 0 Å². The molecule has 1 unspecified atom stereocenters. The second kappa shape index (κ2) is 5.35. The molecular formula is C17H18N2S. The molecule has 0 amide bonds. The van der Waals surface area contributed by atoms with E-state index in [1.54, 1.807) is 11.3 Å². The first-order valence-electron chi connectivity index (χ1n) is 6.79. The van der Waals surface area contributed by atoms with Crippen LogP contribution in [0.3, 0.4) is 0 Å². The molecule has 2 nitrogen and oxygen atoms in total. The number of rotatable bonds is 3. The first-order valence-corrected chi connectivity index (χ1v) is 7.60. The predicted octanol–water partition coefficient (Wildman–Crippen LogP) is 4.22. The van der Waals surface area contributed by atoms with Gasteiger partial charge in [-0.15, -0.1) is 11.3 Å². The summed E-state index contributed by atoms with van der Waals surface area (Å²) in [6.45, 7) is 4.15. The van der Waals surface area contributed by atoms with Crippen molar-refractivity contribution < 1.29 is 0 Å². The normalized spacial score (nSPS) is 12.8. The number of aryl methyl sites for hydroxylation is 2. The Morgan fingerprint density at radius 3 is 2.45 bits per heavy atom. The molecule has 0 aliphatic heterocycles. The van der Waals surface area contributed by atoms with Gasteiger partial charge in [-0.3, -0.25) is 0 Å². The Kier molecular flexibility index (Phi) is 3.55. The Labute approximate surface area is 123 Å². The Hall–Kier alpha value is -1.71. The molecule has 1 N–H and O–H groups in total. The summed E-state index contributed by atoms with van der Waals surface area (Å²) in [7, 11) is 2.01. The standard InChI is InChI=1S/C17H18N2S/c1-11-17(20-12(2)19-11)16(18-3)15-9-8-13-6-4-5-7-14(13)10-15/h4-10,16,18H,1-3H3. The van der Waals surface area contributed by atoms with Crippen molar-refractivity contribution in [3.63, 3.8) is 0 Å². The zero-order valence-electron chi connectivity index (χ0n) is 12.0. The molecule has 3 rings (SSSR count). The van der Waals surface area contributed by atoms with Gasteiger partial charge >= 0.3 is 0 Å². The van der Waals surface area contributed by atoms with Crippen LogP contribution in [0.4, 0.5) is 0 Å². The highest BCUT2D eigenvalue weighted by atomic mass is 32.1. The first kappa shape index (κ1) is 13.3. The van der Waals surface area contributed by atoms with E-state index in [1.807, 2.05) is 7.05 Å². The topological polar surface area (TPSA) is 24.9 Å². The van der Waals surface area contributed by atoms with Gasteiger partial charge < -0.3 is 5.32 Å². The minimum Gasteiger partial charge on any atom is -0.309 e. The van der Waals surface area contributed by atoms with E-state index in [0.717, 1.165) is 10.7 Å². The number of nitrogens with one attached hydrogen (secondary N) is 1. The van der Waals surface area contributed by atoms with Gasteiger partial charge in [-0.05, 0) is 43.3 Å². The lowest BCUT2D eigenvalue weighted by Gasteiger charge is -2.16. The molecule has 2 aromatic carbocycles. The molecule has 0 aliphatic rings. The van der Waals surface area contributed by atoms with Crippen LogP contribution in [0.2, 0.25) is 0 Å². The van der Waals surface area contributed by atoms with E-state index < -0.39 is 0 Å². The molecule has 1 aromatic heterocycles. The number of benzene rings is 2. The molecule has 3 heteroatoms. The van der Waals surface area contributed by atoms with E-state index in [2.05, 4.69) is 66.6 Å². The lowest BCUT2D eigenvalue weighted by Crippen LogP contribution is -2.17. The third-order valence-electron chi connectivity index (χ3n) is 3.60. The molecule has 102 valence electrons. The van der Waals surface area contributed by atoms with Crippen LogP contribution in [0.1, 0.15) is 27.2 Å². The minimum absolute atomic E-state index is 0.214. The summed E-state index contributed by atoms with van der Waals surface area (Å²) in [5.41, 5.74) is 2.41. The van der Waals surface area contributed by atoms with E-state index in [-0.39, 0.29) is 6.04 Å². The van der Waals surface area contributed by atoms with Crippen molar-refractivity contribution in [2.75, 3.05) is 7.05 Å². The SMILES string of the molecule is CNC(c1ccc2ccccc2c1)c1sc(C)nc1C. The highest BCUT2D eigenvalue weighted by Gasteiger charge is 2.18. The molecule has 1 atom stereocenters. The molecule has 0 spiro atoms.